The number of nitrogens with zero attached hydrogens (tertiary/aromatic N) is 1. The molecule has 0 aromatic carbocycles. The molecule has 2 heterocycles. The van der Waals surface area contributed by atoms with Crippen molar-refractivity contribution in [3.05, 3.63) is 18.4 Å². The fraction of sp³-hybridized carbons (Fsp3) is 0.545. The van der Waals surface area contributed by atoms with Crippen LogP contribution in [-0.2, 0) is 14.8 Å². The van der Waals surface area contributed by atoms with Crippen LogP contribution in [0.25, 0.3) is 0 Å². The Morgan fingerprint density at radius 3 is 2.83 bits per heavy atom. The molecule has 0 aliphatic carbocycles. The first-order valence-electron chi connectivity index (χ1n) is 5.72. The molecule has 18 heavy (non-hydrogen) atoms. The van der Waals surface area contributed by atoms with Gasteiger partial charge in [0.15, 0.2) is 0 Å². The van der Waals surface area contributed by atoms with Gasteiger partial charge in [-0.25, -0.2) is 8.42 Å². The van der Waals surface area contributed by atoms with E-state index in [-0.39, 0.29) is 5.09 Å². The zero-order valence-corrected chi connectivity index (χ0v) is 10.8. The quantitative estimate of drug-likeness (QED) is 0.892. The largest absolute Gasteiger partial charge is 0.481 e. The minimum Gasteiger partial charge on any atom is -0.481 e. The van der Waals surface area contributed by atoms with Crippen LogP contribution in [0.2, 0.25) is 0 Å². The van der Waals surface area contributed by atoms with Gasteiger partial charge in [-0.2, -0.15) is 4.31 Å². The Hall–Kier alpha value is -1.34. The second kappa shape index (κ2) is 4.74. The molecule has 2 atom stereocenters. The van der Waals surface area contributed by atoms with Crippen LogP contribution in [0.4, 0.5) is 0 Å². The smallest absolute Gasteiger partial charge is 0.308 e. The summed E-state index contributed by atoms with van der Waals surface area (Å²) >= 11 is 0. The van der Waals surface area contributed by atoms with Gasteiger partial charge in [0.25, 0.3) is 10.0 Å². The van der Waals surface area contributed by atoms with E-state index in [1.54, 1.807) is 6.92 Å². The first-order valence-corrected chi connectivity index (χ1v) is 7.17. The van der Waals surface area contributed by atoms with E-state index >= 15 is 0 Å². The molecule has 7 heteroatoms. The summed E-state index contributed by atoms with van der Waals surface area (Å²) < 4.78 is 30.7. The maximum Gasteiger partial charge on any atom is 0.308 e. The van der Waals surface area contributed by atoms with Crippen LogP contribution >= 0.6 is 0 Å². The summed E-state index contributed by atoms with van der Waals surface area (Å²) in [4.78, 5) is 11.1. The van der Waals surface area contributed by atoms with Gasteiger partial charge in [-0.05, 0) is 31.9 Å². The van der Waals surface area contributed by atoms with Gasteiger partial charge in [-0.3, -0.25) is 4.79 Å². The molecular formula is C11H15NO5S. The number of carboxylic acids is 1. The second-order valence-electron chi connectivity index (χ2n) is 4.38. The monoisotopic (exact) mass is 273 g/mol. The number of sulfonamides is 1. The molecule has 2 rings (SSSR count). The van der Waals surface area contributed by atoms with E-state index in [1.165, 1.54) is 22.7 Å². The maximum absolute atomic E-state index is 12.3. The van der Waals surface area contributed by atoms with E-state index in [9.17, 15) is 13.2 Å². The lowest BCUT2D eigenvalue weighted by atomic mass is 9.92. The van der Waals surface area contributed by atoms with Crippen molar-refractivity contribution in [3.8, 4) is 0 Å². The van der Waals surface area contributed by atoms with E-state index in [0.717, 1.165) is 0 Å². The van der Waals surface area contributed by atoms with E-state index in [4.69, 9.17) is 9.52 Å². The third-order valence-electron chi connectivity index (χ3n) is 3.31. The summed E-state index contributed by atoms with van der Waals surface area (Å²) in [5.41, 5.74) is 0. The number of hydrogen-bond donors (Lipinski definition) is 1. The molecule has 6 nitrogen and oxygen atoms in total. The molecule has 1 saturated heterocycles. The highest BCUT2D eigenvalue weighted by Crippen LogP contribution is 2.29. The minimum atomic E-state index is -3.73. The van der Waals surface area contributed by atoms with Crippen LogP contribution < -0.4 is 0 Å². The Balaban J connectivity index is 2.30. The van der Waals surface area contributed by atoms with Crippen LogP contribution in [0.1, 0.15) is 19.8 Å². The van der Waals surface area contributed by atoms with Gasteiger partial charge in [0, 0.05) is 12.6 Å². The maximum atomic E-state index is 12.3. The highest BCUT2D eigenvalue weighted by atomic mass is 32.2. The SMILES string of the molecule is C[C@@H]1[C@H](C(=O)O)CCCN1S(=O)(=O)c1ccco1. The number of furan rings is 1. The lowest BCUT2D eigenvalue weighted by Crippen LogP contribution is -2.48. The Morgan fingerprint density at radius 2 is 2.28 bits per heavy atom. The van der Waals surface area contributed by atoms with Crippen molar-refractivity contribution in [3.63, 3.8) is 0 Å². The van der Waals surface area contributed by atoms with Crippen molar-refractivity contribution in [1.29, 1.82) is 0 Å². The molecule has 0 unspecified atom stereocenters. The zero-order chi connectivity index (χ0) is 13.3. The highest BCUT2D eigenvalue weighted by molar-refractivity contribution is 7.89. The Bertz CT molecular complexity index is 522. The fourth-order valence-electron chi connectivity index (χ4n) is 2.31. The molecule has 1 N–H and O–H groups in total. The van der Waals surface area contributed by atoms with Crippen LogP contribution in [-0.4, -0.2) is 36.4 Å². The number of piperidine rings is 1. The average Bonchev–Trinajstić information content (AvgIpc) is 2.82. The highest BCUT2D eigenvalue weighted by Gasteiger charge is 2.40. The molecule has 0 saturated carbocycles. The molecule has 0 spiro atoms. The van der Waals surface area contributed by atoms with Crippen LogP contribution in [0.3, 0.4) is 0 Å². The van der Waals surface area contributed by atoms with Gasteiger partial charge in [0.05, 0.1) is 12.2 Å². The van der Waals surface area contributed by atoms with Gasteiger partial charge in [-0.1, -0.05) is 0 Å². The summed E-state index contributed by atoms with van der Waals surface area (Å²) in [5, 5.41) is 8.94. The molecule has 1 aliphatic heterocycles. The van der Waals surface area contributed by atoms with Crippen molar-refractivity contribution < 1.29 is 22.7 Å². The summed E-state index contributed by atoms with van der Waals surface area (Å²) in [6.07, 6.45) is 2.33. The molecular weight excluding hydrogens is 258 g/mol. The summed E-state index contributed by atoms with van der Waals surface area (Å²) in [6, 6.07) is 2.30. The lowest BCUT2D eigenvalue weighted by molar-refractivity contribution is -0.144. The van der Waals surface area contributed by atoms with Gasteiger partial charge in [0.1, 0.15) is 0 Å². The molecule has 1 fully saturated rings. The lowest BCUT2D eigenvalue weighted by Gasteiger charge is -2.35. The number of hydrogen-bond acceptors (Lipinski definition) is 4. The Labute approximate surface area is 105 Å². The van der Waals surface area contributed by atoms with E-state index in [1.807, 2.05) is 0 Å². The summed E-state index contributed by atoms with van der Waals surface area (Å²) in [6.45, 7) is 1.95. The summed E-state index contributed by atoms with van der Waals surface area (Å²) in [7, 11) is -3.73. The molecule has 0 bridgehead atoms. The van der Waals surface area contributed by atoms with Crippen LogP contribution in [0.15, 0.2) is 27.9 Å². The molecule has 1 aliphatic rings. The third-order valence-corrected chi connectivity index (χ3v) is 5.18. The molecule has 0 radical (unpaired) electrons. The predicted molar refractivity (Wildman–Crippen MR) is 62.4 cm³/mol. The van der Waals surface area contributed by atoms with E-state index < -0.39 is 28.0 Å². The van der Waals surface area contributed by atoms with Crippen molar-refractivity contribution in [2.45, 2.75) is 30.9 Å². The topological polar surface area (TPSA) is 87.8 Å². The molecule has 0 amide bonds. The average molecular weight is 273 g/mol. The van der Waals surface area contributed by atoms with Gasteiger partial charge in [-0.15, -0.1) is 0 Å². The zero-order valence-electron chi connectivity index (χ0n) is 9.94. The normalized spacial score (nSPS) is 26.1. The first-order chi connectivity index (χ1) is 8.44. The second-order valence-corrected chi connectivity index (χ2v) is 6.20. The Morgan fingerprint density at radius 1 is 1.56 bits per heavy atom. The number of aliphatic carboxylic acids is 1. The molecule has 1 aromatic heterocycles. The van der Waals surface area contributed by atoms with Crippen molar-refractivity contribution >= 4 is 16.0 Å². The van der Waals surface area contributed by atoms with Crippen LogP contribution in [0.5, 0.6) is 0 Å². The minimum absolute atomic E-state index is 0.139. The summed E-state index contributed by atoms with van der Waals surface area (Å²) in [5.74, 6) is -1.62. The third kappa shape index (κ3) is 2.15. The van der Waals surface area contributed by atoms with Gasteiger partial charge in [0.2, 0.25) is 5.09 Å². The Kier molecular flexibility index (Phi) is 3.45. The van der Waals surface area contributed by atoms with Crippen LogP contribution in [0, 0.1) is 5.92 Å². The molecule has 1 aromatic rings. The van der Waals surface area contributed by atoms with Gasteiger partial charge >= 0.3 is 5.97 Å². The van der Waals surface area contributed by atoms with Gasteiger partial charge < -0.3 is 9.52 Å². The fourth-order valence-corrected chi connectivity index (χ4v) is 3.92. The van der Waals surface area contributed by atoms with Crippen molar-refractivity contribution in [2.24, 2.45) is 5.92 Å². The van der Waals surface area contributed by atoms with E-state index in [2.05, 4.69) is 0 Å². The number of carbonyl (C=O) groups is 1. The number of carboxylic acid groups (broad SMARTS) is 1. The van der Waals surface area contributed by atoms with Crippen molar-refractivity contribution in [2.75, 3.05) is 6.54 Å². The standard InChI is InChI=1S/C11H15NO5S/c1-8-9(11(13)14)4-2-6-12(8)18(15,16)10-5-3-7-17-10/h3,5,7-9H,2,4,6H2,1H3,(H,13,14)/t8-,9-/m1/s1. The molecule has 100 valence electrons. The predicted octanol–water partition coefficient (Wildman–Crippen LogP) is 1.15. The van der Waals surface area contributed by atoms with E-state index in [0.29, 0.717) is 19.4 Å². The number of rotatable bonds is 3. The van der Waals surface area contributed by atoms with Crippen molar-refractivity contribution in [1.82, 2.24) is 4.31 Å². The first kappa shape index (κ1) is 13.1.